The van der Waals surface area contributed by atoms with Crippen molar-refractivity contribution in [3.8, 4) is 5.75 Å². The van der Waals surface area contributed by atoms with E-state index in [1.54, 1.807) is 24.3 Å². The molecule has 0 unspecified atom stereocenters. The van der Waals surface area contributed by atoms with E-state index in [-0.39, 0.29) is 30.7 Å². The van der Waals surface area contributed by atoms with Crippen molar-refractivity contribution in [3.05, 3.63) is 29.8 Å². The highest BCUT2D eigenvalue weighted by molar-refractivity contribution is 6.08. The zero-order valence-corrected chi connectivity index (χ0v) is 10.9. The number of carbonyl (C=O) groups excluding carboxylic acids is 2. The van der Waals surface area contributed by atoms with E-state index in [9.17, 15) is 9.59 Å². The predicted molar refractivity (Wildman–Crippen MR) is 68.0 cm³/mol. The van der Waals surface area contributed by atoms with Gasteiger partial charge in [0.25, 0.3) is 0 Å². The van der Waals surface area contributed by atoms with Crippen molar-refractivity contribution in [1.29, 1.82) is 0 Å². The number of hydrogen-bond donors (Lipinski definition) is 0. The SMILES string of the molecule is COCC(=O)CC(=O)c1ccc(OC(C)C)cc1. The molecular weight excluding hydrogens is 232 g/mol. The summed E-state index contributed by atoms with van der Waals surface area (Å²) in [6.07, 6.45) is -0.0343. The Morgan fingerprint density at radius 3 is 2.28 bits per heavy atom. The molecule has 1 aromatic carbocycles. The molecule has 4 heteroatoms. The van der Waals surface area contributed by atoms with Crippen LogP contribution in [0.3, 0.4) is 0 Å². The lowest BCUT2D eigenvalue weighted by atomic mass is 10.1. The maximum atomic E-state index is 11.7. The lowest BCUT2D eigenvalue weighted by Crippen LogP contribution is -2.13. The van der Waals surface area contributed by atoms with Gasteiger partial charge >= 0.3 is 0 Å². The minimum Gasteiger partial charge on any atom is -0.491 e. The Balaban J connectivity index is 2.61. The van der Waals surface area contributed by atoms with Crippen molar-refractivity contribution in [2.24, 2.45) is 0 Å². The molecule has 0 aliphatic heterocycles. The molecule has 0 bridgehead atoms. The van der Waals surface area contributed by atoms with E-state index in [0.717, 1.165) is 0 Å². The largest absolute Gasteiger partial charge is 0.491 e. The number of ketones is 2. The molecule has 1 aromatic rings. The van der Waals surface area contributed by atoms with Crippen LogP contribution in [0.25, 0.3) is 0 Å². The second kappa shape index (κ2) is 6.91. The molecule has 98 valence electrons. The number of methoxy groups -OCH3 is 1. The van der Waals surface area contributed by atoms with Crippen LogP contribution >= 0.6 is 0 Å². The van der Waals surface area contributed by atoms with Crippen LogP contribution in [0.4, 0.5) is 0 Å². The van der Waals surface area contributed by atoms with Crippen molar-refractivity contribution >= 4 is 11.6 Å². The molecule has 0 amide bonds. The minimum absolute atomic E-state index is 0.0275. The lowest BCUT2D eigenvalue weighted by Gasteiger charge is -2.09. The molecular formula is C14H18O4. The molecule has 0 aliphatic rings. The van der Waals surface area contributed by atoms with Crippen LogP contribution in [0.2, 0.25) is 0 Å². The van der Waals surface area contributed by atoms with E-state index in [4.69, 9.17) is 4.74 Å². The highest BCUT2D eigenvalue weighted by atomic mass is 16.5. The van der Waals surface area contributed by atoms with Crippen LogP contribution in [0, 0.1) is 0 Å². The van der Waals surface area contributed by atoms with Crippen molar-refractivity contribution in [2.45, 2.75) is 26.4 Å². The Labute approximate surface area is 107 Å². The molecule has 4 nitrogen and oxygen atoms in total. The van der Waals surface area contributed by atoms with Crippen LogP contribution in [-0.2, 0) is 9.53 Å². The molecule has 0 heterocycles. The van der Waals surface area contributed by atoms with Gasteiger partial charge in [-0.15, -0.1) is 0 Å². The summed E-state index contributed by atoms with van der Waals surface area (Å²) in [7, 11) is 1.43. The normalized spacial score (nSPS) is 10.4. The van der Waals surface area contributed by atoms with E-state index in [0.29, 0.717) is 11.3 Å². The van der Waals surface area contributed by atoms with E-state index in [1.807, 2.05) is 13.8 Å². The van der Waals surface area contributed by atoms with Gasteiger partial charge in [-0.1, -0.05) is 0 Å². The van der Waals surface area contributed by atoms with Gasteiger partial charge in [0, 0.05) is 12.7 Å². The Morgan fingerprint density at radius 1 is 1.17 bits per heavy atom. The van der Waals surface area contributed by atoms with Gasteiger partial charge in [0.2, 0.25) is 0 Å². The van der Waals surface area contributed by atoms with E-state index in [2.05, 4.69) is 4.74 Å². The zero-order valence-electron chi connectivity index (χ0n) is 10.9. The fourth-order valence-electron chi connectivity index (χ4n) is 1.48. The van der Waals surface area contributed by atoms with Gasteiger partial charge in [-0.3, -0.25) is 9.59 Å². The lowest BCUT2D eigenvalue weighted by molar-refractivity contribution is -0.121. The third-order valence-corrected chi connectivity index (χ3v) is 2.21. The average Bonchev–Trinajstić information content (AvgIpc) is 2.29. The van der Waals surface area contributed by atoms with E-state index < -0.39 is 0 Å². The summed E-state index contributed by atoms with van der Waals surface area (Å²) in [4.78, 5) is 23.0. The van der Waals surface area contributed by atoms with Gasteiger partial charge in [0.15, 0.2) is 11.6 Å². The number of carbonyl (C=O) groups is 2. The number of rotatable bonds is 7. The summed E-state index contributed by atoms with van der Waals surface area (Å²) < 4.78 is 10.2. The first-order valence-corrected chi connectivity index (χ1v) is 5.83. The Kier molecular flexibility index (Phi) is 5.52. The summed E-state index contributed by atoms with van der Waals surface area (Å²) in [5.41, 5.74) is 0.510. The molecule has 18 heavy (non-hydrogen) atoms. The summed E-state index contributed by atoms with van der Waals surface area (Å²) in [6.45, 7) is 3.84. The fraction of sp³-hybridized carbons (Fsp3) is 0.429. The van der Waals surface area contributed by atoms with Gasteiger partial charge in [-0.25, -0.2) is 0 Å². The van der Waals surface area contributed by atoms with Gasteiger partial charge in [0.05, 0.1) is 12.5 Å². The highest BCUT2D eigenvalue weighted by Gasteiger charge is 2.11. The van der Waals surface area contributed by atoms with Crippen LogP contribution in [0.15, 0.2) is 24.3 Å². The average molecular weight is 250 g/mol. The van der Waals surface area contributed by atoms with Crippen molar-refractivity contribution in [2.75, 3.05) is 13.7 Å². The summed E-state index contributed by atoms with van der Waals surface area (Å²) in [6, 6.07) is 6.79. The number of ether oxygens (including phenoxy) is 2. The number of hydrogen-bond acceptors (Lipinski definition) is 4. The molecule has 0 radical (unpaired) electrons. The summed E-state index contributed by atoms with van der Waals surface area (Å²) in [5, 5.41) is 0. The maximum absolute atomic E-state index is 11.7. The van der Waals surface area contributed by atoms with E-state index in [1.165, 1.54) is 7.11 Å². The highest BCUT2D eigenvalue weighted by Crippen LogP contribution is 2.15. The smallest absolute Gasteiger partial charge is 0.170 e. The Bertz CT molecular complexity index is 406. The number of Topliss-reactive ketones (excluding diaryl/α,β-unsaturated/α-hetero) is 2. The molecule has 0 aliphatic carbocycles. The van der Waals surface area contributed by atoms with Gasteiger partial charge in [-0.05, 0) is 38.1 Å². The van der Waals surface area contributed by atoms with Crippen molar-refractivity contribution < 1.29 is 19.1 Å². The van der Waals surface area contributed by atoms with Crippen LogP contribution < -0.4 is 4.74 Å². The standard InChI is InChI=1S/C14H18O4/c1-10(2)18-13-6-4-11(5-7-13)14(16)8-12(15)9-17-3/h4-7,10H,8-9H2,1-3H3. The minimum atomic E-state index is -0.218. The molecule has 0 spiro atoms. The molecule has 0 saturated carbocycles. The van der Waals surface area contributed by atoms with Gasteiger partial charge in [0.1, 0.15) is 12.4 Å². The zero-order chi connectivity index (χ0) is 13.5. The first-order chi connectivity index (χ1) is 8.52. The topological polar surface area (TPSA) is 52.6 Å². The Hall–Kier alpha value is -1.68. The molecule has 1 rings (SSSR count). The number of benzene rings is 1. The molecule has 0 N–H and O–H groups in total. The third kappa shape index (κ3) is 4.67. The van der Waals surface area contributed by atoms with Gasteiger partial charge < -0.3 is 9.47 Å². The Morgan fingerprint density at radius 2 is 1.78 bits per heavy atom. The monoisotopic (exact) mass is 250 g/mol. The fourth-order valence-corrected chi connectivity index (χ4v) is 1.48. The van der Waals surface area contributed by atoms with Crippen molar-refractivity contribution in [1.82, 2.24) is 0 Å². The quantitative estimate of drug-likeness (QED) is 0.550. The van der Waals surface area contributed by atoms with Crippen LogP contribution in [0.1, 0.15) is 30.6 Å². The third-order valence-electron chi connectivity index (χ3n) is 2.21. The van der Waals surface area contributed by atoms with Crippen molar-refractivity contribution in [3.63, 3.8) is 0 Å². The van der Waals surface area contributed by atoms with E-state index >= 15 is 0 Å². The first-order valence-electron chi connectivity index (χ1n) is 5.83. The molecule has 0 atom stereocenters. The maximum Gasteiger partial charge on any atom is 0.170 e. The second-order valence-electron chi connectivity index (χ2n) is 4.26. The van der Waals surface area contributed by atoms with Gasteiger partial charge in [-0.2, -0.15) is 0 Å². The summed E-state index contributed by atoms with van der Waals surface area (Å²) in [5.74, 6) is 0.294. The molecule has 0 aromatic heterocycles. The summed E-state index contributed by atoms with van der Waals surface area (Å²) >= 11 is 0. The molecule has 0 fully saturated rings. The first kappa shape index (κ1) is 14.4. The van der Waals surface area contributed by atoms with Crippen LogP contribution in [0.5, 0.6) is 5.75 Å². The van der Waals surface area contributed by atoms with Crippen LogP contribution in [-0.4, -0.2) is 31.4 Å². The molecule has 0 saturated heterocycles. The second-order valence-corrected chi connectivity index (χ2v) is 4.26. The predicted octanol–water partition coefficient (Wildman–Crippen LogP) is 2.26.